The van der Waals surface area contributed by atoms with Gasteiger partial charge in [-0.05, 0) is 61.5 Å². The molecule has 0 radical (unpaired) electrons. The fraction of sp³-hybridized carbons (Fsp3) is 0.238. The minimum atomic E-state index is -4.52. The van der Waals surface area contributed by atoms with E-state index in [-0.39, 0.29) is 28.2 Å². The third-order valence-electron chi connectivity index (χ3n) is 5.23. The van der Waals surface area contributed by atoms with Gasteiger partial charge in [-0.3, -0.25) is 0 Å². The highest BCUT2D eigenvalue weighted by molar-refractivity contribution is 7.90. The van der Waals surface area contributed by atoms with Crippen LogP contribution >= 0.6 is 24.0 Å². The molecule has 1 aliphatic heterocycles. The summed E-state index contributed by atoms with van der Waals surface area (Å²) in [6.45, 7) is 1.38. The summed E-state index contributed by atoms with van der Waals surface area (Å²) in [5, 5.41) is 0.650. The lowest BCUT2D eigenvalue weighted by atomic mass is 9.98. The van der Waals surface area contributed by atoms with Crippen LogP contribution in [0, 0.1) is 0 Å². The van der Waals surface area contributed by atoms with Crippen LogP contribution in [-0.4, -0.2) is 37.4 Å². The Labute approximate surface area is 189 Å². The van der Waals surface area contributed by atoms with Gasteiger partial charge in [0, 0.05) is 35.3 Å². The van der Waals surface area contributed by atoms with Crippen molar-refractivity contribution >= 4 is 50.5 Å². The van der Waals surface area contributed by atoms with Crippen molar-refractivity contribution in [3.63, 3.8) is 0 Å². The van der Waals surface area contributed by atoms with Crippen molar-refractivity contribution in [1.29, 1.82) is 0 Å². The van der Waals surface area contributed by atoms with E-state index in [2.05, 4.69) is 4.90 Å². The maximum atomic E-state index is 13.3. The van der Waals surface area contributed by atoms with Crippen LogP contribution in [0.25, 0.3) is 16.5 Å². The van der Waals surface area contributed by atoms with E-state index in [9.17, 15) is 21.6 Å². The van der Waals surface area contributed by atoms with Gasteiger partial charge in [0.2, 0.25) is 0 Å². The second-order valence-electron chi connectivity index (χ2n) is 7.27. The van der Waals surface area contributed by atoms with Crippen molar-refractivity contribution in [3.8, 4) is 0 Å². The topological polar surface area (TPSA) is 42.3 Å². The quantitative estimate of drug-likeness (QED) is 0.473. The molecule has 2 heterocycles. The highest BCUT2D eigenvalue weighted by atomic mass is 35.5. The summed E-state index contributed by atoms with van der Waals surface area (Å²) in [6, 6.07) is 8.82. The summed E-state index contributed by atoms with van der Waals surface area (Å²) in [5.74, 6) is 0. The first-order valence-corrected chi connectivity index (χ1v) is 11.0. The molecule has 10 heteroatoms. The number of aromatic nitrogens is 1. The maximum absolute atomic E-state index is 13.3. The molecule has 4 nitrogen and oxygen atoms in total. The Morgan fingerprint density at radius 2 is 1.74 bits per heavy atom. The molecule has 0 bridgehead atoms. The molecule has 4 rings (SSSR count). The van der Waals surface area contributed by atoms with Crippen LogP contribution < -0.4 is 0 Å². The Morgan fingerprint density at radius 1 is 1.06 bits per heavy atom. The van der Waals surface area contributed by atoms with Crippen LogP contribution in [-0.2, 0) is 16.2 Å². The molecular weight excluding hydrogens is 472 g/mol. The van der Waals surface area contributed by atoms with E-state index in [1.54, 1.807) is 0 Å². The van der Waals surface area contributed by atoms with Gasteiger partial charge in [-0.1, -0.05) is 17.7 Å². The molecule has 0 saturated heterocycles. The van der Waals surface area contributed by atoms with Gasteiger partial charge >= 0.3 is 6.18 Å². The van der Waals surface area contributed by atoms with E-state index in [1.165, 1.54) is 36.5 Å². The lowest BCUT2D eigenvalue weighted by Gasteiger charge is -2.21. The average molecular weight is 491 g/mol. The van der Waals surface area contributed by atoms with Gasteiger partial charge in [0.1, 0.15) is 0 Å². The largest absolute Gasteiger partial charge is 0.416 e. The zero-order valence-electron chi connectivity index (χ0n) is 16.4. The van der Waals surface area contributed by atoms with Crippen LogP contribution in [0.4, 0.5) is 13.2 Å². The summed E-state index contributed by atoms with van der Waals surface area (Å²) in [4.78, 5) is 2.08. The zero-order chi connectivity index (χ0) is 21.7. The molecule has 0 atom stereocenters. The fourth-order valence-electron chi connectivity index (χ4n) is 3.57. The van der Waals surface area contributed by atoms with Crippen molar-refractivity contribution in [2.45, 2.75) is 17.5 Å². The standard InChI is InChI=1S/C21H18ClF3N2O2S.ClH/c1-26-10-8-14(9-11-26)19-13-27(30(28,29)17-5-3-16(22)4-6-17)20-7-2-15(12-18(19)20)21(23,24)25;/h2-8,12-13H,9-11H2,1H3;1H. The molecule has 0 spiro atoms. The Kier molecular flexibility index (Phi) is 6.49. The van der Waals surface area contributed by atoms with Crippen molar-refractivity contribution in [3.05, 3.63) is 70.9 Å². The molecule has 1 aromatic heterocycles. The van der Waals surface area contributed by atoms with Crippen molar-refractivity contribution < 1.29 is 21.6 Å². The second kappa shape index (κ2) is 8.50. The van der Waals surface area contributed by atoms with E-state index in [4.69, 9.17) is 11.6 Å². The Balaban J connectivity index is 0.00000272. The number of hydrogen-bond donors (Lipinski definition) is 0. The molecular formula is C21H19Cl2F3N2O2S. The number of hydrogen-bond acceptors (Lipinski definition) is 3. The molecule has 0 amide bonds. The van der Waals surface area contributed by atoms with Crippen LogP contribution in [0.2, 0.25) is 5.02 Å². The van der Waals surface area contributed by atoms with Gasteiger partial charge < -0.3 is 4.90 Å². The van der Waals surface area contributed by atoms with E-state index >= 15 is 0 Å². The molecule has 166 valence electrons. The first-order chi connectivity index (χ1) is 14.1. The second-order valence-corrected chi connectivity index (χ2v) is 9.52. The lowest BCUT2D eigenvalue weighted by Crippen LogP contribution is -2.23. The van der Waals surface area contributed by atoms with Gasteiger partial charge in [-0.25, -0.2) is 12.4 Å². The lowest BCUT2D eigenvalue weighted by molar-refractivity contribution is -0.137. The zero-order valence-corrected chi connectivity index (χ0v) is 18.7. The van der Waals surface area contributed by atoms with Crippen molar-refractivity contribution in [2.24, 2.45) is 0 Å². The van der Waals surface area contributed by atoms with Gasteiger partial charge in [0.05, 0.1) is 16.0 Å². The van der Waals surface area contributed by atoms with Crippen LogP contribution in [0.1, 0.15) is 17.5 Å². The number of benzene rings is 2. The first-order valence-electron chi connectivity index (χ1n) is 9.19. The van der Waals surface area contributed by atoms with Crippen LogP contribution in [0.5, 0.6) is 0 Å². The molecule has 3 aromatic rings. The number of rotatable bonds is 3. The minimum Gasteiger partial charge on any atom is -0.302 e. The van der Waals surface area contributed by atoms with E-state index in [0.717, 1.165) is 28.2 Å². The van der Waals surface area contributed by atoms with E-state index in [1.807, 2.05) is 13.1 Å². The summed E-state index contributed by atoms with van der Waals surface area (Å²) in [5.41, 5.74) is 0.725. The molecule has 0 aliphatic carbocycles. The third-order valence-corrected chi connectivity index (χ3v) is 7.17. The van der Waals surface area contributed by atoms with Gasteiger partial charge in [-0.2, -0.15) is 13.2 Å². The van der Waals surface area contributed by atoms with Crippen molar-refractivity contribution in [1.82, 2.24) is 8.87 Å². The van der Waals surface area contributed by atoms with Crippen LogP contribution in [0.3, 0.4) is 0 Å². The molecule has 31 heavy (non-hydrogen) atoms. The molecule has 1 aliphatic rings. The smallest absolute Gasteiger partial charge is 0.302 e. The van der Waals surface area contributed by atoms with Gasteiger partial charge in [0.25, 0.3) is 10.0 Å². The molecule has 0 saturated carbocycles. The van der Waals surface area contributed by atoms with Gasteiger partial charge in [0.15, 0.2) is 0 Å². The number of nitrogens with zero attached hydrogens (tertiary/aromatic N) is 2. The number of likely N-dealkylation sites (N-methyl/N-ethyl adjacent to an activating group) is 1. The highest BCUT2D eigenvalue weighted by Crippen LogP contribution is 2.37. The molecule has 0 fully saturated rings. The SMILES string of the molecule is CN1CC=C(c2cn(S(=O)(=O)c3ccc(Cl)cc3)c3ccc(C(F)(F)F)cc23)CC1.Cl. The maximum Gasteiger partial charge on any atom is 0.416 e. The summed E-state index contributed by atoms with van der Waals surface area (Å²) in [7, 11) is -2.07. The Morgan fingerprint density at radius 3 is 2.32 bits per heavy atom. The third kappa shape index (κ3) is 4.48. The van der Waals surface area contributed by atoms with Crippen LogP contribution in [0.15, 0.2) is 59.6 Å². The highest BCUT2D eigenvalue weighted by Gasteiger charge is 2.32. The normalized spacial score (nSPS) is 15.6. The average Bonchev–Trinajstić information content (AvgIpc) is 3.08. The fourth-order valence-corrected chi connectivity index (χ4v) is 5.06. The monoisotopic (exact) mass is 490 g/mol. The predicted octanol–water partition coefficient (Wildman–Crippen LogP) is 5.69. The van der Waals surface area contributed by atoms with E-state index < -0.39 is 21.8 Å². The van der Waals surface area contributed by atoms with Gasteiger partial charge in [-0.15, -0.1) is 12.4 Å². The molecule has 0 N–H and O–H groups in total. The van der Waals surface area contributed by atoms with E-state index in [0.29, 0.717) is 23.6 Å². The number of fused-ring (bicyclic) bond motifs is 1. The van der Waals surface area contributed by atoms with Crippen molar-refractivity contribution in [2.75, 3.05) is 20.1 Å². The summed E-state index contributed by atoms with van der Waals surface area (Å²) >= 11 is 5.86. The number of halogens is 5. The summed E-state index contributed by atoms with van der Waals surface area (Å²) in [6.07, 6.45) is -0.555. The molecule has 0 unspecified atom stereocenters. The number of alkyl halides is 3. The predicted molar refractivity (Wildman–Crippen MR) is 118 cm³/mol. The summed E-state index contributed by atoms with van der Waals surface area (Å²) < 4.78 is 67.6. The molecule has 2 aromatic carbocycles. The minimum absolute atomic E-state index is 0. The first kappa shape index (κ1) is 23.7. The Bertz CT molecular complexity index is 1250. The Hall–Kier alpha value is -2.00.